The molecule has 0 radical (unpaired) electrons. The molecule has 0 N–H and O–H groups in total. The van der Waals surface area contributed by atoms with E-state index < -0.39 is 35.9 Å². The molecule has 0 unspecified atom stereocenters. The SMILES string of the molecule is CCN1C(=O)c2cccc3c(S(=O)(=O)[O-])cc(S(=O)(=O)[O-])c1c23.[K+].[K+]. The van der Waals surface area contributed by atoms with Gasteiger partial charge < -0.3 is 14.0 Å². The third-order valence-corrected chi connectivity index (χ3v) is 5.39. The predicted octanol–water partition coefficient (Wildman–Crippen LogP) is -5.36. The largest absolute Gasteiger partial charge is 1.00 e. The molecule has 0 atom stereocenters. The van der Waals surface area contributed by atoms with Crippen molar-refractivity contribution >= 4 is 42.6 Å². The molecule has 0 saturated heterocycles. The molecule has 1 amide bonds. The van der Waals surface area contributed by atoms with Gasteiger partial charge in [0.1, 0.15) is 20.2 Å². The van der Waals surface area contributed by atoms with E-state index in [1.807, 2.05) is 0 Å². The summed E-state index contributed by atoms with van der Waals surface area (Å²) in [5, 5.41) is -0.0881. The minimum absolute atomic E-state index is 0. The van der Waals surface area contributed by atoms with Gasteiger partial charge in [-0.15, -0.1) is 0 Å². The first-order chi connectivity index (χ1) is 10.6. The molecule has 2 aromatic carbocycles. The Morgan fingerprint density at radius 2 is 1.56 bits per heavy atom. The van der Waals surface area contributed by atoms with E-state index in [0.29, 0.717) is 6.07 Å². The van der Waals surface area contributed by atoms with Crippen LogP contribution < -0.4 is 108 Å². The molecule has 0 saturated carbocycles. The van der Waals surface area contributed by atoms with Gasteiger partial charge in [-0.2, -0.15) is 0 Å². The summed E-state index contributed by atoms with van der Waals surface area (Å²) in [5.41, 5.74) is -0.125. The monoisotopic (exact) mass is 433 g/mol. The molecule has 0 bridgehead atoms. The molecular formula is C13H9K2NO7S2. The molecule has 8 nitrogen and oxygen atoms in total. The van der Waals surface area contributed by atoms with E-state index >= 15 is 0 Å². The van der Waals surface area contributed by atoms with Crippen LogP contribution in [0.1, 0.15) is 17.3 Å². The van der Waals surface area contributed by atoms with E-state index in [4.69, 9.17) is 0 Å². The van der Waals surface area contributed by atoms with Crippen LogP contribution in [0.4, 0.5) is 5.69 Å². The number of nitrogens with zero attached hydrogens (tertiary/aromatic N) is 1. The van der Waals surface area contributed by atoms with E-state index in [1.54, 1.807) is 6.92 Å². The number of carbonyl (C=O) groups excluding carboxylic acids is 1. The average molecular weight is 434 g/mol. The Hall–Kier alpha value is 1.26. The molecule has 3 rings (SSSR count). The average Bonchev–Trinajstić information content (AvgIpc) is 2.71. The first kappa shape index (κ1) is 24.3. The van der Waals surface area contributed by atoms with Gasteiger partial charge in [-0.1, -0.05) is 12.1 Å². The van der Waals surface area contributed by atoms with Crippen molar-refractivity contribution in [3.05, 3.63) is 29.8 Å². The molecule has 1 heterocycles. The van der Waals surface area contributed by atoms with Crippen molar-refractivity contribution in [2.45, 2.75) is 16.7 Å². The van der Waals surface area contributed by atoms with Gasteiger partial charge >= 0.3 is 103 Å². The molecule has 1 aliphatic rings. The minimum Gasteiger partial charge on any atom is -0.744 e. The van der Waals surface area contributed by atoms with Crippen molar-refractivity contribution in [1.82, 2.24) is 0 Å². The van der Waals surface area contributed by atoms with Crippen LogP contribution in [-0.4, -0.2) is 38.4 Å². The van der Waals surface area contributed by atoms with Crippen molar-refractivity contribution in [2.24, 2.45) is 0 Å². The van der Waals surface area contributed by atoms with Crippen LogP contribution in [0.15, 0.2) is 34.1 Å². The summed E-state index contributed by atoms with van der Waals surface area (Å²) < 4.78 is 69.0. The molecule has 1 aliphatic heterocycles. The van der Waals surface area contributed by atoms with Crippen LogP contribution >= 0.6 is 0 Å². The molecule has 25 heavy (non-hydrogen) atoms. The number of amides is 1. The molecule has 122 valence electrons. The Labute approximate surface area is 229 Å². The number of anilines is 1. The fourth-order valence-corrected chi connectivity index (χ4v) is 4.28. The standard InChI is InChI=1S/C13H11NO7S2.2K/c1-2-14-12-10(23(19,20)21)6-9(22(16,17)18)7-4-3-5-8(11(7)12)13(14)15;;/h3-6H,2H2,1H3,(H,16,17,18)(H,19,20,21);;/q;2*+1/p-2. The zero-order valence-corrected chi connectivity index (χ0v) is 21.5. The Morgan fingerprint density at radius 3 is 2.04 bits per heavy atom. The quantitative estimate of drug-likeness (QED) is 0.348. The second-order valence-electron chi connectivity index (χ2n) is 4.91. The van der Waals surface area contributed by atoms with E-state index in [0.717, 1.165) is 4.90 Å². The Bertz CT molecular complexity index is 1080. The van der Waals surface area contributed by atoms with Crippen LogP contribution in [-0.2, 0) is 20.2 Å². The summed E-state index contributed by atoms with van der Waals surface area (Å²) >= 11 is 0. The number of benzene rings is 2. The summed E-state index contributed by atoms with van der Waals surface area (Å²) in [6.07, 6.45) is 0. The van der Waals surface area contributed by atoms with E-state index in [2.05, 4.69) is 0 Å². The normalized spacial score (nSPS) is 13.6. The maximum absolute atomic E-state index is 12.4. The smallest absolute Gasteiger partial charge is 0.744 e. The fourth-order valence-electron chi connectivity index (χ4n) is 2.79. The van der Waals surface area contributed by atoms with Crippen LogP contribution in [0.2, 0.25) is 0 Å². The summed E-state index contributed by atoms with van der Waals surface area (Å²) in [6, 6.07) is 4.60. The first-order valence-electron chi connectivity index (χ1n) is 6.40. The summed E-state index contributed by atoms with van der Waals surface area (Å²) in [4.78, 5) is 11.7. The maximum Gasteiger partial charge on any atom is 1.00 e. The second kappa shape index (κ2) is 8.33. The van der Waals surface area contributed by atoms with E-state index in [-0.39, 0.29) is 131 Å². The third-order valence-electron chi connectivity index (χ3n) is 3.66. The molecule has 2 aromatic rings. The Kier molecular flexibility index (Phi) is 8.09. The van der Waals surface area contributed by atoms with Gasteiger partial charge in [0.25, 0.3) is 5.91 Å². The summed E-state index contributed by atoms with van der Waals surface area (Å²) in [7, 11) is -10.1. The van der Waals surface area contributed by atoms with Crippen molar-refractivity contribution in [2.75, 3.05) is 11.4 Å². The van der Waals surface area contributed by atoms with Gasteiger partial charge in [0.05, 0.1) is 15.5 Å². The van der Waals surface area contributed by atoms with Crippen molar-refractivity contribution < 1.29 is 134 Å². The van der Waals surface area contributed by atoms with Gasteiger partial charge in [0.2, 0.25) is 0 Å². The Morgan fingerprint density at radius 1 is 1.00 bits per heavy atom. The van der Waals surface area contributed by atoms with Gasteiger partial charge in [-0.3, -0.25) is 4.79 Å². The van der Waals surface area contributed by atoms with Gasteiger partial charge in [0.15, 0.2) is 0 Å². The molecule has 0 fully saturated rings. The number of rotatable bonds is 3. The van der Waals surface area contributed by atoms with Crippen molar-refractivity contribution in [1.29, 1.82) is 0 Å². The summed E-state index contributed by atoms with van der Waals surface area (Å²) in [6.45, 7) is 1.66. The van der Waals surface area contributed by atoms with Crippen LogP contribution in [0.5, 0.6) is 0 Å². The number of hydrogen-bond donors (Lipinski definition) is 0. The maximum atomic E-state index is 12.4. The number of hydrogen-bond acceptors (Lipinski definition) is 7. The third kappa shape index (κ3) is 4.17. The first-order valence-corrected chi connectivity index (χ1v) is 9.22. The Balaban J connectivity index is 0.00000156. The fraction of sp³-hybridized carbons (Fsp3) is 0.154. The van der Waals surface area contributed by atoms with Gasteiger partial charge in [0, 0.05) is 22.9 Å². The molecule has 0 aromatic heterocycles. The van der Waals surface area contributed by atoms with Crippen LogP contribution in [0, 0.1) is 0 Å². The zero-order valence-electron chi connectivity index (χ0n) is 13.6. The van der Waals surface area contributed by atoms with Gasteiger partial charge in [-0.25, -0.2) is 16.8 Å². The second-order valence-corrected chi connectivity index (χ2v) is 7.60. The van der Waals surface area contributed by atoms with Gasteiger partial charge in [-0.05, 0) is 19.1 Å². The predicted molar refractivity (Wildman–Crippen MR) is 77.2 cm³/mol. The molecule has 12 heteroatoms. The molecule has 0 aliphatic carbocycles. The van der Waals surface area contributed by atoms with Crippen molar-refractivity contribution in [3.63, 3.8) is 0 Å². The van der Waals surface area contributed by atoms with Crippen LogP contribution in [0.25, 0.3) is 10.8 Å². The van der Waals surface area contributed by atoms with E-state index in [1.165, 1.54) is 18.2 Å². The number of carbonyl (C=O) groups is 1. The van der Waals surface area contributed by atoms with Crippen molar-refractivity contribution in [3.8, 4) is 0 Å². The topological polar surface area (TPSA) is 135 Å². The van der Waals surface area contributed by atoms with Crippen LogP contribution in [0.3, 0.4) is 0 Å². The molecule has 0 spiro atoms. The minimum atomic E-state index is -5.10. The summed E-state index contributed by atoms with van der Waals surface area (Å²) in [5.74, 6) is -0.557. The molecular weight excluding hydrogens is 424 g/mol. The van der Waals surface area contributed by atoms with E-state index in [9.17, 15) is 30.7 Å². The zero-order chi connectivity index (χ0) is 17.2.